The second-order valence-corrected chi connectivity index (χ2v) is 7.78. The molecule has 0 saturated heterocycles. The van der Waals surface area contributed by atoms with E-state index in [4.69, 9.17) is 14.2 Å². The van der Waals surface area contributed by atoms with E-state index in [0.717, 1.165) is 0 Å². The minimum absolute atomic E-state index is 0.108. The molecule has 0 saturated carbocycles. The normalized spacial score (nSPS) is 16.3. The molecule has 0 bridgehead atoms. The smallest absolute Gasteiger partial charge is 0.264 e. The number of carbonyl (C=O) groups excluding carboxylic acids is 3. The summed E-state index contributed by atoms with van der Waals surface area (Å²) in [6, 6.07) is 10.6. The zero-order valence-electron chi connectivity index (χ0n) is 18.9. The molecule has 2 aromatic carbocycles. The quantitative estimate of drug-likeness (QED) is 0.586. The zero-order valence-corrected chi connectivity index (χ0v) is 18.9. The van der Waals surface area contributed by atoms with E-state index < -0.39 is 6.17 Å². The standard InChI is InChI=1S/C24H27N3O6/c1-31-14-12-25-19(28)9-6-13-26-22-16-10-11-18(32-2)21(33-3)20(16)24(30)27(22)17-8-5-4-7-15(17)23(26)29/h4-5,7-8,10-11,22H,6,9,12-14H2,1-3H3,(H,25,28). The van der Waals surface area contributed by atoms with Crippen molar-refractivity contribution in [2.75, 3.05) is 45.9 Å². The summed E-state index contributed by atoms with van der Waals surface area (Å²) in [5.41, 5.74) is 2.06. The van der Waals surface area contributed by atoms with Crippen LogP contribution < -0.4 is 19.7 Å². The lowest BCUT2D eigenvalue weighted by molar-refractivity contribution is -0.121. The number of methoxy groups -OCH3 is 3. The molecule has 174 valence electrons. The molecule has 0 radical (unpaired) electrons. The van der Waals surface area contributed by atoms with Crippen LogP contribution in [0.3, 0.4) is 0 Å². The second kappa shape index (κ2) is 9.50. The maximum atomic E-state index is 13.6. The lowest BCUT2D eigenvalue weighted by Gasteiger charge is -2.41. The molecule has 2 aliphatic rings. The summed E-state index contributed by atoms with van der Waals surface area (Å²) >= 11 is 0. The van der Waals surface area contributed by atoms with Crippen LogP contribution in [-0.4, -0.2) is 63.6 Å². The highest BCUT2D eigenvalue weighted by molar-refractivity contribution is 6.18. The predicted octanol–water partition coefficient (Wildman–Crippen LogP) is 2.36. The van der Waals surface area contributed by atoms with Crippen molar-refractivity contribution in [1.82, 2.24) is 10.2 Å². The Hall–Kier alpha value is -3.59. The minimum Gasteiger partial charge on any atom is -0.493 e. The van der Waals surface area contributed by atoms with Gasteiger partial charge in [-0.25, -0.2) is 0 Å². The van der Waals surface area contributed by atoms with Gasteiger partial charge in [-0.1, -0.05) is 18.2 Å². The number of ether oxygens (including phenoxy) is 3. The Bertz CT molecular complexity index is 1090. The zero-order chi connectivity index (χ0) is 23.5. The maximum Gasteiger partial charge on any atom is 0.264 e. The van der Waals surface area contributed by atoms with Crippen molar-refractivity contribution in [1.29, 1.82) is 0 Å². The topological polar surface area (TPSA) is 97.4 Å². The highest BCUT2D eigenvalue weighted by Crippen LogP contribution is 2.49. The molecule has 2 heterocycles. The van der Waals surface area contributed by atoms with Gasteiger partial charge in [0.05, 0.1) is 37.6 Å². The van der Waals surface area contributed by atoms with Crippen molar-refractivity contribution in [3.63, 3.8) is 0 Å². The number of nitrogens with zero attached hydrogens (tertiary/aromatic N) is 2. The molecule has 0 aliphatic carbocycles. The van der Waals surface area contributed by atoms with E-state index in [-0.39, 0.29) is 24.1 Å². The van der Waals surface area contributed by atoms with Crippen LogP contribution in [0, 0.1) is 0 Å². The van der Waals surface area contributed by atoms with Gasteiger partial charge in [0.15, 0.2) is 11.5 Å². The molecule has 33 heavy (non-hydrogen) atoms. The minimum atomic E-state index is -0.619. The molecule has 2 aromatic rings. The van der Waals surface area contributed by atoms with Gasteiger partial charge in [0, 0.05) is 32.2 Å². The predicted molar refractivity (Wildman–Crippen MR) is 121 cm³/mol. The lowest BCUT2D eigenvalue weighted by atomic mass is 10.0. The van der Waals surface area contributed by atoms with Crippen LogP contribution in [0.2, 0.25) is 0 Å². The highest BCUT2D eigenvalue weighted by Gasteiger charge is 2.49. The third-order valence-electron chi connectivity index (χ3n) is 5.91. The van der Waals surface area contributed by atoms with Gasteiger partial charge >= 0.3 is 0 Å². The van der Waals surface area contributed by atoms with E-state index in [9.17, 15) is 14.4 Å². The van der Waals surface area contributed by atoms with Gasteiger partial charge in [0.1, 0.15) is 6.17 Å². The van der Waals surface area contributed by atoms with Crippen LogP contribution in [0.25, 0.3) is 0 Å². The number of amides is 3. The molecule has 9 nitrogen and oxygen atoms in total. The van der Waals surface area contributed by atoms with Crippen molar-refractivity contribution in [3.8, 4) is 11.5 Å². The third-order valence-corrected chi connectivity index (χ3v) is 5.91. The average molecular weight is 453 g/mol. The van der Waals surface area contributed by atoms with Crippen LogP contribution in [0.4, 0.5) is 5.69 Å². The molecule has 9 heteroatoms. The Labute approximate surface area is 192 Å². The number of hydrogen-bond acceptors (Lipinski definition) is 6. The monoisotopic (exact) mass is 453 g/mol. The van der Waals surface area contributed by atoms with Gasteiger partial charge in [-0.3, -0.25) is 19.3 Å². The highest BCUT2D eigenvalue weighted by atomic mass is 16.5. The summed E-state index contributed by atoms with van der Waals surface area (Å²) in [5.74, 6) is 0.248. The molecule has 1 unspecified atom stereocenters. The Morgan fingerprint density at radius 1 is 1.03 bits per heavy atom. The number of para-hydroxylation sites is 1. The summed E-state index contributed by atoms with van der Waals surface area (Å²) in [6.07, 6.45) is 0.0916. The number of rotatable bonds is 9. The van der Waals surface area contributed by atoms with Gasteiger partial charge in [-0.15, -0.1) is 0 Å². The van der Waals surface area contributed by atoms with E-state index in [1.165, 1.54) is 14.2 Å². The maximum absolute atomic E-state index is 13.6. The van der Waals surface area contributed by atoms with Gasteiger partial charge in [-0.05, 0) is 24.6 Å². The number of hydrogen-bond donors (Lipinski definition) is 1. The Kier molecular flexibility index (Phi) is 6.50. The second-order valence-electron chi connectivity index (χ2n) is 7.78. The molecule has 1 atom stereocenters. The first-order chi connectivity index (χ1) is 16.0. The number of fused-ring (bicyclic) bond motifs is 5. The van der Waals surface area contributed by atoms with E-state index in [2.05, 4.69) is 5.32 Å². The van der Waals surface area contributed by atoms with Gasteiger partial charge in [-0.2, -0.15) is 0 Å². The summed E-state index contributed by atoms with van der Waals surface area (Å²) in [7, 11) is 4.57. The van der Waals surface area contributed by atoms with Crippen LogP contribution >= 0.6 is 0 Å². The first-order valence-corrected chi connectivity index (χ1v) is 10.8. The van der Waals surface area contributed by atoms with Crippen molar-refractivity contribution in [3.05, 3.63) is 53.1 Å². The van der Waals surface area contributed by atoms with Gasteiger partial charge < -0.3 is 24.4 Å². The molecular formula is C24H27N3O6. The fourth-order valence-electron chi connectivity index (χ4n) is 4.44. The van der Waals surface area contributed by atoms with E-state index in [1.807, 2.05) is 0 Å². The van der Waals surface area contributed by atoms with Crippen LogP contribution in [0.15, 0.2) is 36.4 Å². The first-order valence-electron chi connectivity index (χ1n) is 10.8. The fourth-order valence-corrected chi connectivity index (χ4v) is 4.44. The molecule has 3 amide bonds. The SMILES string of the molecule is COCCNC(=O)CCCN1C(=O)c2ccccc2N2C(=O)c3c(ccc(OC)c3OC)C12. The summed E-state index contributed by atoms with van der Waals surface area (Å²) in [4.78, 5) is 42.4. The number of nitrogens with one attached hydrogen (secondary N) is 1. The molecule has 0 spiro atoms. The lowest BCUT2D eigenvalue weighted by Crippen LogP contribution is -2.48. The largest absolute Gasteiger partial charge is 0.493 e. The van der Waals surface area contributed by atoms with E-state index in [1.54, 1.807) is 53.3 Å². The Morgan fingerprint density at radius 3 is 2.55 bits per heavy atom. The number of anilines is 1. The molecule has 4 rings (SSSR count). The molecule has 2 aliphatic heterocycles. The average Bonchev–Trinajstić information content (AvgIpc) is 3.13. The number of benzene rings is 2. The Morgan fingerprint density at radius 2 is 1.82 bits per heavy atom. The summed E-state index contributed by atoms with van der Waals surface area (Å²) in [6.45, 7) is 1.19. The third kappa shape index (κ3) is 3.89. The van der Waals surface area contributed by atoms with Crippen LogP contribution in [0.1, 0.15) is 45.3 Å². The molecule has 0 fully saturated rings. The first kappa shape index (κ1) is 22.6. The molecule has 1 N–H and O–H groups in total. The van der Waals surface area contributed by atoms with Crippen molar-refractivity contribution >= 4 is 23.4 Å². The van der Waals surface area contributed by atoms with Gasteiger partial charge in [0.2, 0.25) is 5.91 Å². The van der Waals surface area contributed by atoms with Crippen LogP contribution in [-0.2, 0) is 9.53 Å². The van der Waals surface area contributed by atoms with Crippen molar-refractivity contribution in [2.24, 2.45) is 0 Å². The van der Waals surface area contributed by atoms with Crippen molar-refractivity contribution in [2.45, 2.75) is 19.0 Å². The van der Waals surface area contributed by atoms with Crippen molar-refractivity contribution < 1.29 is 28.6 Å². The molecule has 0 aromatic heterocycles. The van der Waals surface area contributed by atoms with E-state index >= 15 is 0 Å². The molecular weight excluding hydrogens is 426 g/mol. The Balaban J connectivity index is 1.67. The van der Waals surface area contributed by atoms with Crippen LogP contribution in [0.5, 0.6) is 11.5 Å². The van der Waals surface area contributed by atoms with Gasteiger partial charge in [0.25, 0.3) is 11.8 Å². The van der Waals surface area contributed by atoms with E-state index in [0.29, 0.717) is 60.0 Å². The fraction of sp³-hybridized carbons (Fsp3) is 0.375. The summed E-state index contributed by atoms with van der Waals surface area (Å²) in [5, 5.41) is 2.78. The summed E-state index contributed by atoms with van der Waals surface area (Å²) < 4.78 is 15.8. The number of carbonyl (C=O) groups is 3.